The zero-order valence-corrected chi connectivity index (χ0v) is 12.8. The molecule has 2 atom stereocenters. The predicted molar refractivity (Wildman–Crippen MR) is 84.3 cm³/mol. The number of morpholine rings is 1. The number of nitrogens with zero attached hydrogens (tertiary/aromatic N) is 1. The fourth-order valence-electron chi connectivity index (χ4n) is 4.24. The van der Waals surface area contributed by atoms with E-state index >= 15 is 0 Å². The third-order valence-electron chi connectivity index (χ3n) is 5.39. The van der Waals surface area contributed by atoms with Crippen molar-refractivity contribution in [3.63, 3.8) is 0 Å². The van der Waals surface area contributed by atoms with Gasteiger partial charge in [-0.15, -0.1) is 0 Å². The summed E-state index contributed by atoms with van der Waals surface area (Å²) in [5.41, 5.74) is 4.52. The largest absolute Gasteiger partial charge is 0.375 e. The van der Waals surface area contributed by atoms with Crippen LogP contribution in [0.4, 0.5) is 0 Å². The fraction of sp³-hybridized carbons (Fsp3) is 0.667. The van der Waals surface area contributed by atoms with Gasteiger partial charge in [-0.3, -0.25) is 4.90 Å². The van der Waals surface area contributed by atoms with Gasteiger partial charge >= 0.3 is 0 Å². The highest BCUT2D eigenvalue weighted by Gasteiger charge is 2.33. The van der Waals surface area contributed by atoms with E-state index in [0.29, 0.717) is 12.1 Å². The number of hydrogen-bond acceptors (Lipinski definition) is 3. The van der Waals surface area contributed by atoms with E-state index in [9.17, 15) is 0 Å². The Morgan fingerprint density at radius 3 is 3.14 bits per heavy atom. The lowest BCUT2D eigenvalue weighted by Gasteiger charge is -2.44. The number of rotatable bonds is 2. The highest BCUT2D eigenvalue weighted by Crippen LogP contribution is 2.29. The minimum Gasteiger partial charge on any atom is -0.375 e. The van der Waals surface area contributed by atoms with Crippen LogP contribution in [0.3, 0.4) is 0 Å². The summed E-state index contributed by atoms with van der Waals surface area (Å²) in [4.78, 5) is 2.67. The first-order chi connectivity index (χ1) is 10.4. The van der Waals surface area contributed by atoms with Gasteiger partial charge in [0.25, 0.3) is 0 Å². The first-order valence-electron chi connectivity index (χ1n) is 8.57. The molecule has 3 aliphatic rings. The average Bonchev–Trinajstić information content (AvgIpc) is 2.55. The van der Waals surface area contributed by atoms with Gasteiger partial charge < -0.3 is 10.1 Å². The van der Waals surface area contributed by atoms with Crippen LogP contribution in [-0.2, 0) is 24.2 Å². The van der Waals surface area contributed by atoms with E-state index in [0.717, 1.165) is 32.8 Å². The maximum atomic E-state index is 5.99. The number of ether oxygens (including phenoxy) is 1. The second-order valence-electron chi connectivity index (χ2n) is 6.76. The quantitative estimate of drug-likeness (QED) is 0.904. The molecular weight excluding hydrogens is 260 g/mol. The molecule has 1 aromatic carbocycles. The Morgan fingerprint density at radius 2 is 2.14 bits per heavy atom. The number of nitrogens with one attached hydrogen (secondary N) is 1. The molecule has 1 N–H and O–H groups in total. The molecule has 1 saturated carbocycles. The van der Waals surface area contributed by atoms with Gasteiger partial charge in [-0.2, -0.15) is 0 Å². The lowest BCUT2D eigenvalue weighted by Crippen LogP contribution is -2.52. The molecule has 2 aliphatic heterocycles. The van der Waals surface area contributed by atoms with Crippen LogP contribution in [0.25, 0.3) is 0 Å². The molecule has 1 aliphatic carbocycles. The van der Waals surface area contributed by atoms with Crippen LogP contribution in [0.2, 0.25) is 0 Å². The standard InChI is InChI=1S/C18H26N2O/c1-2-4-18-17(3-1)20(9-10-21-18)13-14-5-6-15-7-8-19-12-16(15)11-14/h5-6,11,17-19H,1-4,7-10,12-13H2. The summed E-state index contributed by atoms with van der Waals surface area (Å²) in [5, 5.41) is 3.48. The minimum atomic E-state index is 0.492. The Kier molecular flexibility index (Phi) is 3.97. The van der Waals surface area contributed by atoms with Crippen molar-refractivity contribution in [3.8, 4) is 0 Å². The van der Waals surface area contributed by atoms with Gasteiger partial charge in [0.2, 0.25) is 0 Å². The molecule has 4 rings (SSSR count). The lowest BCUT2D eigenvalue weighted by molar-refractivity contribution is -0.0911. The second-order valence-corrected chi connectivity index (χ2v) is 6.76. The summed E-state index contributed by atoms with van der Waals surface area (Å²) in [6, 6.07) is 7.78. The van der Waals surface area contributed by atoms with Crippen molar-refractivity contribution in [2.45, 2.75) is 57.3 Å². The van der Waals surface area contributed by atoms with Gasteiger partial charge in [-0.1, -0.05) is 31.0 Å². The number of fused-ring (bicyclic) bond motifs is 2. The van der Waals surface area contributed by atoms with Crippen molar-refractivity contribution in [2.75, 3.05) is 19.7 Å². The molecule has 0 aromatic heterocycles. The van der Waals surface area contributed by atoms with Crippen LogP contribution in [0.1, 0.15) is 42.4 Å². The highest BCUT2D eigenvalue weighted by molar-refractivity contribution is 5.33. The maximum absolute atomic E-state index is 5.99. The second kappa shape index (κ2) is 6.07. The summed E-state index contributed by atoms with van der Waals surface area (Å²) in [6.45, 7) is 5.26. The van der Waals surface area contributed by atoms with Crippen LogP contribution in [0, 0.1) is 0 Å². The topological polar surface area (TPSA) is 24.5 Å². The molecule has 1 saturated heterocycles. The van der Waals surface area contributed by atoms with E-state index in [4.69, 9.17) is 4.74 Å². The minimum absolute atomic E-state index is 0.492. The normalized spacial score (nSPS) is 29.7. The van der Waals surface area contributed by atoms with E-state index in [1.807, 2.05) is 0 Å². The first-order valence-corrected chi connectivity index (χ1v) is 8.57. The Labute approximate surface area is 127 Å². The molecule has 1 aromatic rings. The molecule has 0 radical (unpaired) electrons. The fourth-order valence-corrected chi connectivity index (χ4v) is 4.24. The van der Waals surface area contributed by atoms with E-state index in [2.05, 4.69) is 28.4 Å². The summed E-state index contributed by atoms with van der Waals surface area (Å²) in [6.07, 6.45) is 6.96. The lowest BCUT2D eigenvalue weighted by atomic mass is 9.89. The van der Waals surface area contributed by atoms with Crippen LogP contribution >= 0.6 is 0 Å². The van der Waals surface area contributed by atoms with E-state index in [-0.39, 0.29) is 0 Å². The molecule has 0 spiro atoms. The first kappa shape index (κ1) is 13.7. The van der Waals surface area contributed by atoms with Crippen molar-refractivity contribution in [2.24, 2.45) is 0 Å². The van der Waals surface area contributed by atoms with E-state index in [1.54, 1.807) is 0 Å². The zero-order valence-electron chi connectivity index (χ0n) is 12.8. The Bertz CT molecular complexity index is 500. The van der Waals surface area contributed by atoms with Gasteiger partial charge in [-0.25, -0.2) is 0 Å². The monoisotopic (exact) mass is 286 g/mol. The van der Waals surface area contributed by atoms with Crippen molar-refractivity contribution in [1.29, 1.82) is 0 Å². The van der Waals surface area contributed by atoms with Gasteiger partial charge in [0.15, 0.2) is 0 Å². The Hall–Kier alpha value is -0.900. The third kappa shape index (κ3) is 2.87. The van der Waals surface area contributed by atoms with Gasteiger partial charge in [0.05, 0.1) is 12.7 Å². The Morgan fingerprint density at radius 1 is 1.19 bits per heavy atom. The number of benzene rings is 1. The SMILES string of the molecule is c1cc2c(cc1CN1CCOC3CCCCC31)CNCC2. The number of hydrogen-bond donors (Lipinski definition) is 1. The summed E-state index contributed by atoms with van der Waals surface area (Å²) >= 11 is 0. The van der Waals surface area contributed by atoms with Crippen LogP contribution in [0.15, 0.2) is 18.2 Å². The third-order valence-corrected chi connectivity index (χ3v) is 5.39. The van der Waals surface area contributed by atoms with Gasteiger partial charge in [0.1, 0.15) is 0 Å². The Balaban J connectivity index is 1.49. The molecule has 2 fully saturated rings. The molecule has 114 valence electrons. The molecule has 2 unspecified atom stereocenters. The van der Waals surface area contributed by atoms with Gasteiger partial charge in [0, 0.05) is 25.7 Å². The van der Waals surface area contributed by atoms with Crippen LogP contribution in [-0.4, -0.2) is 36.7 Å². The molecule has 3 heteroatoms. The zero-order chi connectivity index (χ0) is 14.1. The summed E-state index contributed by atoms with van der Waals surface area (Å²) in [7, 11) is 0. The summed E-state index contributed by atoms with van der Waals surface area (Å²) in [5.74, 6) is 0. The van der Waals surface area contributed by atoms with Crippen molar-refractivity contribution in [3.05, 3.63) is 34.9 Å². The maximum Gasteiger partial charge on any atom is 0.0731 e. The molecular formula is C18H26N2O. The molecule has 3 nitrogen and oxygen atoms in total. The van der Waals surface area contributed by atoms with Gasteiger partial charge in [-0.05, 0) is 42.5 Å². The van der Waals surface area contributed by atoms with E-state index in [1.165, 1.54) is 48.8 Å². The summed E-state index contributed by atoms with van der Waals surface area (Å²) < 4.78 is 5.99. The van der Waals surface area contributed by atoms with E-state index < -0.39 is 0 Å². The highest BCUT2D eigenvalue weighted by atomic mass is 16.5. The predicted octanol–water partition coefficient (Wildman–Crippen LogP) is 2.48. The smallest absolute Gasteiger partial charge is 0.0731 e. The molecule has 0 amide bonds. The van der Waals surface area contributed by atoms with Crippen molar-refractivity contribution in [1.82, 2.24) is 10.2 Å². The average molecular weight is 286 g/mol. The molecule has 2 heterocycles. The molecule has 0 bridgehead atoms. The van der Waals surface area contributed by atoms with Crippen molar-refractivity contribution >= 4 is 0 Å². The van der Waals surface area contributed by atoms with Crippen molar-refractivity contribution < 1.29 is 4.74 Å². The van der Waals surface area contributed by atoms with Crippen LogP contribution < -0.4 is 5.32 Å². The van der Waals surface area contributed by atoms with Crippen LogP contribution in [0.5, 0.6) is 0 Å². The molecule has 21 heavy (non-hydrogen) atoms.